The van der Waals surface area contributed by atoms with Crippen molar-refractivity contribution in [1.82, 2.24) is 5.32 Å². The summed E-state index contributed by atoms with van der Waals surface area (Å²) in [5.41, 5.74) is 0.941. The van der Waals surface area contributed by atoms with Crippen LogP contribution in [0.15, 0.2) is 24.3 Å². The molecule has 2 unspecified atom stereocenters. The van der Waals surface area contributed by atoms with Gasteiger partial charge in [0.1, 0.15) is 0 Å². The molecule has 0 radical (unpaired) electrons. The van der Waals surface area contributed by atoms with Crippen molar-refractivity contribution in [3.8, 4) is 0 Å². The number of rotatable bonds is 3. The molecule has 2 atom stereocenters. The van der Waals surface area contributed by atoms with Crippen molar-refractivity contribution in [1.29, 1.82) is 0 Å². The van der Waals surface area contributed by atoms with E-state index in [0.717, 1.165) is 18.4 Å². The molecule has 2 bridgehead atoms. The number of benzene rings is 1. The first-order valence-electron chi connectivity index (χ1n) is 7.84. The third-order valence-electron chi connectivity index (χ3n) is 4.86. The first-order chi connectivity index (χ1) is 9.43. The van der Waals surface area contributed by atoms with Crippen LogP contribution in [0.25, 0.3) is 0 Å². The predicted octanol–water partition coefficient (Wildman–Crippen LogP) is 2.95. The molecule has 2 fully saturated rings. The van der Waals surface area contributed by atoms with Gasteiger partial charge in [-0.25, -0.2) is 0 Å². The smallest absolute Gasteiger partial charge is 0.166 e. The standard InChI is InChI=1S/C17H25NOSi/c1-20(2,3)16-6-4-5-12(11-16)17(19)13-9-14-7-8-15(10-13)18-14/h4-6,11,13-15,18H,7-10H2,1-3H3. The molecule has 2 aliphatic heterocycles. The molecule has 3 rings (SSSR count). The van der Waals surface area contributed by atoms with Gasteiger partial charge in [0.25, 0.3) is 0 Å². The van der Waals surface area contributed by atoms with Crippen LogP contribution in [0.5, 0.6) is 0 Å². The first kappa shape index (κ1) is 14.0. The number of Topliss-reactive ketones (excluding diaryl/α,β-unsaturated/α-hetero) is 1. The molecule has 0 aliphatic carbocycles. The second-order valence-electron chi connectivity index (χ2n) is 7.50. The topological polar surface area (TPSA) is 29.1 Å². The van der Waals surface area contributed by atoms with E-state index in [1.807, 2.05) is 6.07 Å². The molecule has 1 aromatic carbocycles. The molecule has 1 aromatic rings. The Hall–Kier alpha value is -0.933. The molecule has 1 N–H and O–H groups in total. The molecule has 0 saturated carbocycles. The maximum Gasteiger partial charge on any atom is 0.166 e. The van der Waals surface area contributed by atoms with Gasteiger partial charge in [-0.05, 0) is 25.7 Å². The maximum absolute atomic E-state index is 12.8. The van der Waals surface area contributed by atoms with Crippen molar-refractivity contribution in [2.45, 2.75) is 57.4 Å². The first-order valence-corrected chi connectivity index (χ1v) is 11.3. The summed E-state index contributed by atoms with van der Waals surface area (Å²) < 4.78 is 0. The minimum atomic E-state index is -1.34. The van der Waals surface area contributed by atoms with Gasteiger partial charge in [0.05, 0.1) is 8.07 Å². The lowest BCUT2D eigenvalue weighted by Crippen LogP contribution is -2.41. The largest absolute Gasteiger partial charge is 0.311 e. The number of carbonyl (C=O) groups excluding carboxylic acids is 1. The Labute approximate surface area is 123 Å². The quantitative estimate of drug-likeness (QED) is 0.684. The van der Waals surface area contributed by atoms with E-state index in [-0.39, 0.29) is 5.92 Å². The minimum absolute atomic E-state index is 0.241. The zero-order valence-corrected chi connectivity index (χ0v) is 13.8. The van der Waals surface area contributed by atoms with Gasteiger partial charge in [-0.15, -0.1) is 0 Å². The highest BCUT2D eigenvalue weighted by Gasteiger charge is 2.36. The van der Waals surface area contributed by atoms with Crippen LogP contribution in [-0.4, -0.2) is 25.9 Å². The van der Waals surface area contributed by atoms with Crippen molar-refractivity contribution < 1.29 is 4.79 Å². The van der Waals surface area contributed by atoms with E-state index in [9.17, 15) is 4.79 Å². The summed E-state index contributed by atoms with van der Waals surface area (Å²) in [6.45, 7) is 7.00. The highest BCUT2D eigenvalue weighted by molar-refractivity contribution is 6.88. The van der Waals surface area contributed by atoms with Gasteiger partial charge in [-0.1, -0.05) is 49.1 Å². The molecule has 0 spiro atoms. The summed E-state index contributed by atoms with van der Waals surface area (Å²) in [6, 6.07) is 9.60. The van der Waals surface area contributed by atoms with E-state index in [4.69, 9.17) is 0 Å². The number of fused-ring (bicyclic) bond motifs is 2. The number of hydrogen-bond acceptors (Lipinski definition) is 2. The van der Waals surface area contributed by atoms with Crippen LogP contribution in [-0.2, 0) is 0 Å². The van der Waals surface area contributed by atoms with Crippen molar-refractivity contribution in [2.24, 2.45) is 5.92 Å². The lowest BCUT2D eigenvalue weighted by Gasteiger charge is -2.28. The number of hydrogen-bond donors (Lipinski definition) is 1. The van der Waals surface area contributed by atoms with Crippen LogP contribution >= 0.6 is 0 Å². The molecule has 108 valence electrons. The van der Waals surface area contributed by atoms with Crippen LogP contribution in [0.1, 0.15) is 36.0 Å². The molecule has 0 amide bonds. The zero-order chi connectivity index (χ0) is 14.3. The van der Waals surface area contributed by atoms with Crippen molar-refractivity contribution >= 4 is 19.0 Å². The van der Waals surface area contributed by atoms with E-state index in [1.165, 1.54) is 18.0 Å². The Balaban J connectivity index is 1.80. The van der Waals surface area contributed by atoms with Crippen LogP contribution in [0.2, 0.25) is 19.6 Å². The average molecular weight is 287 g/mol. The molecule has 2 saturated heterocycles. The fraction of sp³-hybridized carbons (Fsp3) is 0.588. The van der Waals surface area contributed by atoms with Crippen molar-refractivity contribution in [3.05, 3.63) is 29.8 Å². The second-order valence-corrected chi connectivity index (χ2v) is 12.6. The Morgan fingerprint density at radius 1 is 1.15 bits per heavy atom. The van der Waals surface area contributed by atoms with Gasteiger partial charge in [0.2, 0.25) is 0 Å². The van der Waals surface area contributed by atoms with Gasteiger partial charge < -0.3 is 5.32 Å². The Bertz CT molecular complexity index is 508. The fourth-order valence-electron chi connectivity index (χ4n) is 3.65. The molecular formula is C17H25NOSi. The molecule has 3 heteroatoms. The molecule has 2 nitrogen and oxygen atoms in total. The lowest BCUT2D eigenvalue weighted by molar-refractivity contribution is 0.0876. The van der Waals surface area contributed by atoms with Gasteiger partial charge in [-0.2, -0.15) is 0 Å². The summed E-state index contributed by atoms with van der Waals surface area (Å²) in [6.07, 6.45) is 4.58. The van der Waals surface area contributed by atoms with E-state index in [2.05, 4.69) is 43.2 Å². The maximum atomic E-state index is 12.8. The van der Waals surface area contributed by atoms with Crippen molar-refractivity contribution in [2.75, 3.05) is 0 Å². The zero-order valence-electron chi connectivity index (χ0n) is 12.8. The highest BCUT2D eigenvalue weighted by Crippen LogP contribution is 2.32. The third-order valence-corrected chi connectivity index (χ3v) is 6.90. The lowest BCUT2D eigenvalue weighted by atomic mass is 9.86. The monoisotopic (exact) mass is 287 g/mol. The number of ketones is 1. The minimum Gasteiger partial charge on any atom is -0.311 e. The van der Waals surface area contributed by atoms with E-state index in [0.29, 0.717) is 17.9 Å². The average Bonchev–Trinajstić information content (AvgIpc) is 2.76. The summed E-state index contributed by atoms with van der Waals surface area (Å²) >= 11 is 0. The van der Waals surface area contributed by atoms with Crippen LogP contribution in [0.4, 0.5) is 0 Å². The van der Waals surface area contributed by atoms with Gasteiger partial charge in [0.15, 0.2) is 5.78 Å². The Kier molecular flexibility index (Phi) is 3.59. The molecule has 2 aliphatic rings. The SMILES string of the molecule is C[Si](C)(C)c1cccc(C(=O)C2CC3CCC(C2)N3)c1. The van der Waals surface area contributed by atoms with Gasteiger partial charge in [0, 0.05) is 23.6 Å². The summed E-state index contributed by atoms with van der Waals surface area (Å²) in [5.74, 6) is 0.620. The Morgan fingerprint density at radius 3 is 2.40 bits per heavy atom. The number of nitrogens with one attached hydrogen (secondary N) is 1. The van der Waals surface area contributed by atoms with E-state index < -0.39 is 8.07 Å². The summed E-state index contributed by atoms with van der Waals surface area (Å²) in [5, 5.41) is 5.01. The fourth-order valence-corrected chi connectivity index (χ4v) is 4.83. The number of piperidine rings is 1. The normalized spacial score (nSPS) is 29.4. The van der Waals surface area contributed by atoms with Gasteiger partial charge >= 0.3 is 0 Å². The van der Waals surface area contributed by atoms with Gasteiger partial charge in [-0.3, -0.25) is 4.79 Å². The predicted molar refractivity (Wildman–Crippen MR) is 86.4 cm³/mol. The summed E-state index contributed by atoms with van der Waals surface area (Å²) in [4.78, 5) is 12.8. The third kappa shape index (κ3) is 2.74. The molecular weight excluding hydrogens is 262 g/mol. The highest BCUT2D eigenvalue weighted by atomic mass is 28.3. The number of carbonyl (C=O) groups is 1. The summed E-state index contributed by atoms with van der Waals surface area (Å²) in [7, 11) is -1.34. The van der Waals surface area contributed by atoms with Crippen LogP contribution in [0, 0.1) is 5.92 Å². The molecule has 20 heavy (non-hydrogen) atoms. The van der Waals surface area contributed by atoms with E-state index in [1.54, 1.807) is 0 Å². The van der Waals surface area contributed by atoms with Crippen LogP contribution < -0.4 is 10.5 Å². The molecule has 0 aromatic heterocycles. The van der Waals surface area contributed by atoms with Crippen LogP contribution in [0.3, 0.4) is 0 Å². The molecule has 2 heterocycles. The Morgan fingerprint density at radius 2 is 1.80 bits per heavy atom. The second kappa shape index (κ2) is 5.12. The van der Waals surface area contributed by atoms with E-state index >= 15 is 0 Å². The van der Waals surface area contributed by atoms with Crippen molar-refractivity contribution in [3.63, 3.8) is 0 Å².